The summed E-state index contributed by atoms with van der Waals surface area (Å²) in [5.74, 6) is 1.24. The van der Waals surface area contributed by atoms with E-state index in [0.29, 0.717) is 13.2 Å². The van der Waals surface area contributed by atoms with E-state index in [2.05, 4.69) is 20.2 Å². The lowest BCUT2D eigenvalue weighted by molar-refractivity contribution is -0.125. The van der Waals surface area contributed by atoms with Crippen LogP contribution < -0.4 is 10.2 Å². The molecule has 1 aliphatic heterocycles. The summed E-state index contributed by atoms with van der Waals surface area (Å²) in [4.78, 5) is 23.4. The SMILES string of the molecule is CCOCCCNC(=O)C1CCN(c2nc(C)cnc2C)CC1. The van der Waals surface area contributed by atoms with Crippen molar-refractivity contribution in [1.82, 2.24) is 15.3 Å². The Labute approximate surface area is 138 Å². The third-order valence-corrected chi connectivity index (χ3v) is 4.18. The van der Waals surface area contributed by atoms with Crippen molar-refractivity contribution in [1.29, 1.82) is 0 Å². The summed E-state index contributed by atoms with van der Waals surface area (Å²) < 4.78 is 5.27. The topological polar surface area (TPSA) is 67.3 Å². The lowest BCUT2D eigenvalue weighted by Crippen LogP contribution is -2.41. The number of anilines is 1. The third-order valence-electron chi connectivity index (χ3n) is 4.18. The zero-order chi connectivity index (χ0) is 16.7. The summed E-state index contributed by atoms with van der Waals surface area (Å²) in [7, 11) is 0. The van der Waals surface area contributed by atoms with Crippen LogP contribution in [-0.2, 0) is 9.53 Å². The number of nitrogens with zero attached hydrogens (tertiary/aromatic N) is 3. The smallest absolute Gasteiger partial charge is 0.223 e. The Hall–Kier alpha value is -1.69. The number of carbonyl (C=O) groups is 1. The maximum absolute atomic E-state index is 12.2. The highest BCUT2D eigenvalue weighted by Crippen LogP contribution is 2.23. The molecule has 2 heterocycles. The van der Waals surface area contributed by atoms with Crippen LogP contribution in [0.15, 0.2) is 6.20 Å². The molecule has 0 radical (unpaired) electrons. The molecule has 1 fully saturated rings. The lowest BCUT2D eigenvalue weighted by atomic mass is 9.96. The highest BCUT2D eigenvalue weighted by atomic mass is 16.5. The van der Waals surface area contributed by atoms with Gasteiger partial charge >= 0.3 is 0 Å². The molecule has 128 valence electrons. The lowest BCUT2D eigenvalue weighted by Gasteiger charge is -2.32. The summed E-state index contributed by atoms with van der Waals surface area (Å²) in [5, 5.41) is 3.02. The Morgan fingerprint density at radius 3 is 2.83 bits per heavy atom. The molecule has 6 nitrogen and oxygen atoms in total. The molecule has 1 amide bonds. The molecule has 0 aliphatic carbocycles. The first-order valence-electron chi connectivity index (χ1n) is 8.52. The normalized spacial score (nSPS) is 15.7. The summed E-state index contributed by atoms with van der Waals surface area (Å²) in [6.07, 6.45) is 4.40. The minimum atomic E-state index is 0.108. The minimum absolute atomic E-state index is 0.108. The molecule has 1 aromatic heterocycles. The van der Waals surface area contributed by atoms with Crippen molar-refractivity contribution in [2.75, 3.05) is 37.7 Å². The number of rotatable bonds is 7. The molecule has 0 spiro atoms. The fourth-order valence-corrected chi connectivity index (χ4v) is 2.85. The number of ether oxygens (including phenoxy) is 1. The van der Waals surface area contributed by atoms with E-state index in [1.165, 1.54) is 0 Å². The molecule has 1 aromatic rings. The Balaban J connectivity index is 1.77. The predicted molar refractivity (Wildman–Crippen MR) is 90.6 cm³/mol. The second kappa shape index (κ2) is 8.82. The monoisotopic (exact) mass is 320 g/mol. The minimum Gasteiger partial charge on any atom is -0.382 e. The number of aromatic nitrogens is 2. The molecular formula is C17H28N4O2. The number of carbonyl (C=O) groups excluding carboxylic acids is 1. The van der Waals surface area contributed by atoms with Crippen LogP contribution in [0.3, 0.4) is 0 Å². The van der Waals surface area contributed by atoms with E-state index in [9.17, 15) is 4.79 Å². The van der Waals surface area contributed by atoms with Crippen molar-refractivity contribution < 1.29 is 9.53 Å². The maximum Gasteiger partial charge on any atom is 0.223 e. The third kappa shape index (κ3) is 5.16. The van der Waals surface area contributed by atoms with E-state index < -0.39 is 0 Å². The van der Waals surface area contributed by atoms with Gasteiger partial charge in [-0.05, 0) is 40.0 Å². The van der Waals surface area contributed by atoms with Gasteiger partial charge < -0.3 is 15.0 Å². The van der Waals surface area contributed by atoms with Crippen molar-refractivity contribution in [3.8, 4) is 0 Å². The number of hydrogen-bond acceptors (Lipinski definition) is 5. The molecule has 23 heavy (non-hydrogen) atoms. The van der Waals surface area contributed by atoms with E-state index in [1.807, 2.05) is 20.8 Å². The molecule has 0 bridgehead atoms. The fourth-order valence-electron chi connectivity index (χ4n) is 2.85. The molecule has 2 rings (SSSR count). The van der Waals surface area contributed by atoms with Gasteiger partial charge in [-0.1, -0.05) is 0 Å². The van der Waals surface area contributed by atoms with Gasteiger partial charge in [-0.2, -0.15) is 0 Å². The quantitative estimate of drug-likeness (QED) is 0.777. The van der Waals surface area contributed by atoms with Gasteiger partial charge in [0.1, 0.15) is 5.82 Å². The highest BCUT2D eigenvalue weighted by molar-refractivity contribution is 5.78. The summed E-state index contributed by atoms with van der Waals surface area (Å²) in [6, 6.07) is 0. The number of nitrogens with one attached hydrogen (secondary N) is 1. The number of piperidine rings is 1. The van der Waals surface area contributed by atoms with Crippen LogP contribution in [0.4, 0.5) is 5.82 Å². The zero-order valence-corrected chi connectivity index (χ0v) is 14.5. The van der Waals surface area contributed by atoms with Crippen LogP contribution in [0, 0.1) is 19.8 Å². The molecule has 1 aliphatic rings. The van der Waals surface area contributed by atoms with Crippen molar-refractivity contribution in [2.24, 2.45) is 5.92 Å². The molecule has 6 heteroatoms. The van der Waals surface area contributed by atoms with E-state index in [4.69, 9.17) is 4.74 Å². The van der Waals surface area contributed by atoms with Crippen molar-refractivity contribution >= 4 is 11.7 Å². The predicted octanol–water partition coefficient (Wildman–Crippen LogP) is 1.85. The van der Waals surface area contributed by atoms with Gasteiger partial charge in [-0.25, -0.2) is 4.98 Å². The van der Waals surface area contributed by atoms with Gasteiger partial charge in [0.25, 0.3) is 0 Å². The van der Waals surface area contributed by atoms with Gasteiger partial charge in [-0.15, -0.1) is 0 Å². The first-order valence-corrected chi connectivity index (χ1v) is 8.52. The zero-order valence-electron chi connectivity index (χ0n) is 14.5. The molecule has 1 N–H and O–H groups in total. The summed E-state index contributed by atoms with van der Waals surface area (Å²) >= 11 is 0. The Morgan fingerprint density at radius 2 is 2.13 bits per heavy atom. The van der Waals surface area contributed by atoms with Crippen LogP contribution in [0.25, 0.3) is 0 Å². The highest BCUT2D eigenvalue weighted by Gasteiger charge is 2.26. The van der Waals surface area contributed by atoms with Gasteiger partial charge in [0.2, 0.25) is 5.91 Å². The van der Waals surface area contributed by atoms with Crippen LogP contribution >= 0.6 is 0 Å². The van der Waals surface area contributed by atoms with Gasteiger partial charge in [-0.3, -0.25) is 9.78 Å². The maximum atomic E-state index is 12.2. The largest absolute Gasteiger partial charge is 0.382 e. The van der Waals surface area contributed by atoms with Crippen LogP contribution in [0.1, 0.15) is 37.6 Å². The first-order chi connectivity index (χ1) is 11.1. The molecule has 1 saturated heterocycles. The van der Waals surface area contributed by atoms with Crippen molar-refractivity contribution in [3.63, 3.8) is 0 Å². The summed E-state index contributed by atoms with van der Waals surface area (Å²) in [5.41, 5.74) is 1.88. The molecule has 0 atom stereocenters. The average molecular weight is 320 g/mol. The van der Waals surface area contributed by atoms with E-state index in [0.717, 1.165) is 56.2 Å². The fraction of sp³-hybridized carbons (Fsp3) is 0.706. The van der Waals surface area contributed by atoms with Crippen molar-refractivity contribution in [2.45, 2.75) is 40.0 Å². The standard InChI is InChI=1S/C17H28N4O2/c1-4-23-11-5-8-18-17(22)15-6-9-21(10-7-15)16-14(3)19-12-13(2)20-16/h12,15H,4-11H2,1-3H3,(H,18,22). The Kier molecular flexibility index (Phi) is 6.77. The molecule has 0 unspecified atom stereocenters. The molecule has 0 aromatic carbocycles. The second-order valence-corrected chi connectivity index (χ2v) is 6.02. The first kappa shape index (κ1) is 17.7. The second-order valence-electron chi connectivity index (χ2n) is 6.02. The average Bonchev–Trinajstić information content (AvgIpc) is 2.57. The van der Waals surface area contributed by atoms with E-state index in [-0.39, 0.29) is 11.8 Å². The molecule has 0 saturated carbocycles. The Bertz CT molecular complexity index is 513. The van der Waals surface area contributed by atoms with E-state index >= 15 is 0 Å². The van der Waals surface area contributed by atoms with Crippen LogP contribution in [0.2, 0.25) is 0 Å². The number of hydrogen-bond donors (Lipinski definition) is 1. The van der Waals surface area contributed by atoms with Gasteiger partial charge in [0.05, 0.1) is 11.4 Å². The van der Waals surface area contributed by atoms with Crippen molar-refractivity contribution in [3.05, 3.63) is 17.6 Å². The number of aryl methyl sites for hydroxylation is 2. The van der Waals surface area contributed by atoms with Crippen LogP contribution in [0.5, 0.6) is 0 Å². The van der Waals surface area contributed by atoms with Crippen LogP contribution in [-0.4, -0.2) is 48.7 Å². The van der Waals surface area contributed by atoms with Gasteiger partial charge in [0, 0.05) is 45.0 Å². The van der Waals surface area contributed by atoms with E-state index in [1.54, 1.807) is 6.20 Å². The summed E-state index contributed by atoms with van der Waals surface area (Å²) in [6.45, 7) is 9.77. The molecular weight excluding hydrogens is 292 g/mol. The Morgan fingerprint density at radius 1 is 1.39 bits per heavy atom. The number of amides is 1. The van der Waals surface area contributed by atoms with Gasteiger partial charge in [0.15, 0.2) is 0 Å².